The van der Waals surface area contributed by atoms with Crippen molar-refractivity contribution in [2.45, 2.75) is 44.6 Å². The molecular formula is C21H32N2O2. The smallest absolute Gasteiger partial charge is 0.251 e. The second kappa shape index (κ2) is 9.35. The molecule has 1 aromatic carbocycles. The highest BCUT2D eigenvalue weighted by Crippen LogP contribution is 2.21. The first-order chi connectivity index (χ1) is 12.2. The van der Waals surface area contributed by atoms with Gasteiger partial charge in [-0.15, -0.1) is 0 Å². The van der Waals surface area contributed by atoms with Gasteiger partial charge in [-0.25, -0.2) is 0 Å². The Labute approximate surface area is 152 Å². The summed E-state index contributed by atoms with van der Waals surface area (Å²) < 4.78 is 5.78. The lowest BCUT2D eigenvalue weighted by molar-refractivity contribution is -0.147. The van der Waals surface area contributed by atoms with Gasteiger partial charge in [-0.3, -0.25) is 4.79 Å². The molecule has 0 aliphatic carbocycles. The predicted molar refractivity (Wildman–Crippen MR) is 101 cm³/mol. The molecule has 2 saturated heterocycles. The summed E-state index contributed by atoms with van der Waals surface area (Å²) in [4.78, 5) is 17.5. The molecule has 0 saturated carbocycles. The van der Waals surface area contributed by atoms with Gasteiger partial charge in [0.1, 0.15) is 6.10 Å². The van der Waals surface area contributed by atoms with E-state index in [1.54, 1.807) is 0 Å². The zero-order chi connectivity index (χ0) is 17.5. The van der Waals surface area contributed by atoms with Crippen LogP contribution in [-0.4, -0.2) is 61.6 Å². The van der Waals surface area contributed by atoms with E-state index in [2.05, 4.69) is 41.1 Å². The van der Waals surface area contributed by atoms with Gasteiger partial charge >= 0.3 is 0 Å². The van der Waals surface area contributed by atoms with Crippen molar-refractivity contribution in [2.75, 3.05) is 39.8 Å². The van der Waals surface area contributed by atoms with Crippen LogP contribution < -0.4 is 0 Å². The highest BCUT2D eigenvalue weighted by atomic mass is 16.5. The SMILES string of the molecule is CN1CCC(CN(CCc2ccccc2)C(=O)C2CCCCO2)CC1. The lowest BCUT2D eigenvalue weighted by Gasteiger charge is -2.35. The van der Waals surface area contributed by atoms with Crippen molar-refractivity contribution in [3.63, 3.8) is 0 Å². The van der Waals surface area contributed by atoms with Crippen LogP contribution in [0.2, 0.25) is 0 Å². The number of carbonyl (C=O) groups is 1. The zero-order valence-corrected chi connectivity index (χ0v) is 15.5. The number of hydrogen-bond donors (Lipinski definition) is 0. The van der Waals surface area contributed by atoms with Gasteiger partial charge in [0.2, 0.25) is 0 Å². The van der Waals surface area contributed by atoms with Crippen molar-refractivity contribution in [3.05, 3.63) is 35.9 Å². The first-order valence-corrected chi connectivity index (χ1v) is 9.85. The predicted octanol–water partition coefficient (Wildman–Crippen LogP) is 2.97. The number of likely N-dealkylation sites (tertiary alicyclic amines) is 1. The summed E-state index contributed by atoms with van der Waals surface area (Å²) >= 11 is 0. The second-order valence-electron chi connectivity index (χ2n) is 7.62. The van der Waals surface area contributed by atoms with E-state index >= 15 is 0 Å². The van der Waals surface area contributed by atoms with Crippen molar-refractivity contribution in [1.29, 1.82) is 0 Å². The van der Waals surface area contributed by atoms with Crippen molar-refractivity contribution < 1.29 is 9.53 Å². The fraction of sp³-hybridized carbons (Fsp3) is 0.667. The normalized spacial score (nSPS) is 22.7. The van der Waals surface area contributed by atoms with Crippen molar-refractivity contribution in [1.82, 2.24) is 9.80 Å². The van der Waals surface area contributed by atoms with Gasteiger partial charge in [0.15, 0.2) is 0 Å². The van der Waals surface area contributed by atoms with Crippen LogP contribution in [0.4, 0.5) is 0 Å². The molecule has 4 heteroatoms. The molecule has 0 N–H and O–H groups in total. The van der Waals surface area contributed by atoms with Gasteiger partial charge in [0.05, 0.1) is 0 Å². The van der Waals surface area contributed by atoms with Crippen LogP contribution in [0.25, 0.3) is 0 Å². The number of rotatable bonds is 6. The van der Waals surface area contributed by atoms with Crippen molar-refractivity contribution >= 4 is 5.91 Å². The summed E-state index contributed by atoms with van der Waals surface area (Å²) in [7, 11) is 2.18. The standard InChI is InChI=1S/C21H32N2O2/c1-22-13-10-19(11-14-22)17-23(15-12-18-7-3-2-4-8-18)21(24)20-9-5-6-16-25-20/h2-4,7-8,19-20H,5-6,9-17H2,1H3. The molecule has 1 amide bonds. The Balaban J connectivity index is 1.60. The van der Waals surface area contributed by atoms with Crippen LogP contribution in [-0.2, 0) is 16.0 Å². The molecule has 2 aliphatic heterocycles. The topological polar surface area (TPSA) is 32.8 Å². The minimum atomic E-state index is -0.212. The van der Waals surface area contributed by atoms with Crippen LogP contribution in [0.5, 0.6) is 0 Å². The van der Waals surface area contributed by atoms with Gasteiger partial charge < -0.3 is 14.5 Å². The van der Waals surface area contributed by atoms with E-state index < -0.39 is 0 Å². The van der Waals surface area contributed by atoms with Gasteiger partial charge in [-0.2, -0.15) is 0 Å². The molecule has 138 valence electrons. The number of piperidine rings is 1. The molecule has 0 aromatic heterocycles. The Kier molecular flexibility index (Phi) is 6.88. The molecule has 0 radical (unpaired) electrons. The highest BCUT2D eigenvalue weighted by Gasteiger charge is 2.29. The van der Waals surface area contributed by atoms with E-state index in [0.717, 1.165) is 58.5 Å². The third kappa shape index (κ3) is 5.55. The molecule has 0 bridgehead atoms. The Hall–Kier alpha value is -1.39. The summed E-state index contributed by atoms with van der Waals surface area (Å²) in [5, 5.41) is 0. The van der Waals surface area contributed by atoms with E-state index in [9.17, 15) is 4.79 Å². The molecule has 1 unspecified atom stereocenters. The van der Waals surface area contributed by atoms with E-state index in [0.29, 0.717) is 5.92 Å². The Morgan fingerprint density at radius 3 is 2.60 bits per heavy atom. The monoisotopic (exact) mass is 344 g/mol. The van der Waals surface area contributed by atoms with Gasteiger partial charge in [0, 0.05) is 19.7 Å². The zero-order valence-electron chi connectivity index (χ0n) is 15.5. The minimum Gasteiger partial charge on any atom is -0.368 e. The van der Waals surface area contributed by atoms with Crippen LogP contribution in [0, 0.1) is 5.92 Å². The Morgan fingerprint density at radius 2 is 1.92 bits per heavy atom. The maximum absolute atomic E-state index is 13.0. The van der Waals surface area contributed by atoms with Crippen molar-refractivity contribution in [3.8, 4) is 0 Å². The quantitative estimate of drug-likeness (QED) is 0.795. The first kappa shape index (κ1) is 18.4. The number of carbonyl (C=O) groups excluding carboxylic acids is 1. The fourth-order valence-corrected chi connectivity index (χ4v) is 3.90. The third-order valence-corrected chi connectivity index (χ3v) is 5.60. The fourth-order valence-electron chi connectivity index (χ4n) is 3.90. The lowest BCUT2D eigenvalue weighted by atomic mass is 9.95. The number of nitrogens with zero attached hydrogens (tertiary/aromatic N) is 2. The van der Waals surface area contributed by atoms with Gasteiger partial charge in [-0.05, 0) is 70.1 Å². The first-order valence-electron chi connectivity index (χ1n) is 9.85. The van der Waals surface area contributed by atoms with E-state index in [1.807, 2.05) is 6.07 Å². The molecule has 0 spiro atoms. The molecule has 4 nitrogen and oxygen atoms in total. The maximum atomic E-state index is 13.0. The maximum Gasteiger partial charge on any atom is 0.251 e. The van der Waals surface area contributed by atoms with Crippen LogP contribution >= 0.6 is 0 Å². The summed E-state index contributed by atoms with van der Waals surface area (Å²) in [5.41, 5.74) is 1.30. The molecule has 25 heavy (non-hydrogen) atoms. The Morgan fingerprint density at radius 1 is 1.16 bits per heavy atom. The lowest BCUT2D eigenvalue weighted by Crippen LogP contribution is -2.46. The number of hydrogen-bond acceptors (Lipinski definition) is 3. The van der Waals surface area contributed by atoms with Crippen LogP contribution in [0.15, 0.2) is 30.3 Å². The van der Waals surface area contributed by atoms with Crippen LogP contribution in [0.3, 0.4) is 0 Å². The summed E-state index contributed by atoms with van der Waals surface area (Å²) in [5.74, 6) is 0.842. The molecule has 1 atom stereocenters. The second-order valence-corrected chi connectivity index (χ2v) is 7.62. The minimum absolute atomic E-state index is 0.212. The number of benzene rings is 1. The van der Waals surface area contributed by atoms with Gasteiger partial charge in [0.25, 0.3) is 5.91 Å². The number of amides is 1. The van der Waals surface area contributed by atoms with Crippen molar-refractivity contribution in [2.24, 2.45) is 5.92 Å². The highest BCUT2D eigenvalue weighted by molar-refractivity contribution is 5.81. The molecule has 1 aromatic rings. The molecule has 2 aliphatic rings. The molecular weight excluding hydrogens is 312 g/mol. The molecule has 2 fully saturated rings. The van der Waals surface area contributed by atoms with E-state index in [-0.39, 0.29) is 12.0 Å². The summed E-state index contributed by atoms with van der Waals surface area (Å²) in [6.45, 7) is 4.71. The summed E-state index contributed by atoms with van der Waals surface area (Å²) in [6.07, 6.45) is 6.17. The average molecular weight is 344 g/mol. The largest absolute Gasteiger partial charge is 0.368 e. The summed E-state index contributed by atoms with van der Waals surface area (Å²) in [6, 6.07) is 10.5. The third-order valence-electron chi connectivity index (χ3n) is 5.60. The van der Waals surface area contributed by atoms with E-state index in [4.69, 9.17) is 4.74 Å². The number of ether oxygens (including phenoxy) is 1. The van der Waals surface area contributed by atoms with Gasteiger partial charge in [-0.1, -0.05) is 30.3 Å². The molecule has 3 rings (SSSR count). The van der Waals surface area contributed by atoms with Crippen LogP contribution in [0.1, 0.15) is 37.7 Å². The average Bonchev–Trinajstić information content (AvgIpc) is 2.67. The molecule has 2 heterocycles. The van der Waals surface area contributed by atoms with E-state index in [1.165, 1.54) is 18.4 Å². The Bertz CT molecular complexity index is 520.